The Kier molecular flexibility index (Phi) is 6.12. The number of fused-ring (bicyclic) bond motifs is 2. The van der Waals surface area contributed by atoms with E-state index in [2.05, 4.69) is 25.3 Å². The van der Waals surface area contributed by atoms with Crippen LogP contribution in [0.1, 0.15) is 13.2 Å². The van der Waals surface area contributed by atoms with Crippen LogP contribution in [-0.4, -0.2) is 76.5 Å². The van der Waals surface area contributed by atoms with Crippen LogP contribution in [0.2, 0.25) is 5.28 Å². The van der Waals surface area contributed by atoms with Crippen LogP contribution < -0.4 is 5.32 Å². The van der Waals surface area contributed by atoms with Gasteiger partial charge in [-0.05, 0) is 30.7 Å². The smallest absolute Gasteiger partial charge is 0.256 e. The number of aliphatic hydroxyl groups is 3. The van der Waals surface area contributed by atoms with E-state index in [0.29, 0.717) is 28.0 Å². The molecule has 1 fully saturated rings. The molecule has 0 radical (unpaired) electrons. The standard InChI is InChI=1S/C20H21ClN6O5S/c1-9(7-33-20-24-10-4-2-3-5-11(10)32-20)23-16-13-17(26-19(21)25-16)27(8-22-13)18-15(30)14(29)12(6-28)31-18/h2-5,8-9,12,14-15,18,28-30H,6-7H2,1H3,(H,23,25,26)/t9?,12-,14?,15?,18-/m1/s1. The third-order valence-electron chi connectivity index (χ3n) is 5.30. The van der Waals surface area contributed by atoms with Crippen molar-refractivity contribution in [3.05, 3.63) is 35.9 Å². The van der Waals surface area contributed by atoms with E-state index in [4.69, 9.17) is 20.8 Å². The molecule has 3 aromatic heterocycles. The highest BCUT2D eigenvalue weighted by Crippen LogP contribution is 2.33. The minimum absolute atomic E-state index is 0.0164. The molecule has 33 heavy (non-hydrogen) atoms. The number of aliphatic hydroxyl groups excluding tert-OH is 3. The summed E-state index contributed by atoms with van der Waals surface area (Å²) in [6.07, 6.45) is -2.97. The molecule has 0 bridgehead atoms. The van der Waals surface area contributed by atoms with E-state index in [9.17, 15) is 15.3 Å². The summed E-state index contributed by atoms with van der Waals surface area (Å²) in [5, 5.41) is 33.6. The summed E-state index contributed by atoms with van der Waals surface area (Å²) >= 11 is 7.62. The van der Waals surface area contributed by atoms with Crippen molar-refractivity contribution < 1.29 is 24.5 Å². The van der Waals surface area contributed by atoms with Crippen LogP contribution in [0.15, 0.2) is 40.2 Å². The highest BCUT2D eigenvalue weighted by Gasteiger charge is 2.44. The Morgan fingerprint density at radius 1 is 1.21 bits per heavy atom. The average molecular weight is 493 g/mol. The monoisotopic (exact) mass is 492 g/mol. The van der Waals surface area contributed by atoms with Gasteiger partial charge in [0.1, 0.15) is 23.8 Å². The molecule has 1 aliphatic rings. The summed E-state index contributed by atoms with van der Waals surface area (Å²) < 4.78 is 12.8. The van der Waals surface area contributed by atoms with Crippen LogP contribution in [0.5, 0.6) is 0 Å². The maximum atomic E-state index is 10.4. The Morgan fingerprint density at radius 3 is 2.79 bits per heavy atom. The van der Waals surface area contributed by atoms with Gasteiger partial charge >= 0.3 is 0 Å². The van der Waals surface area contributed by atoms with Crippen molar-refractivity contribution in [2.45, 2.75) is 42.7 Å². The minimum Gasteiger partial charge on any atom is -0.431 e. The molecular formula is C20H21ClN6O5S. The Balaban J connectivity index is 1.34. The lowest BCUT2D eigenvalue weighted by atomic mass is 10.1. The van der Waals surface area contributed by atoms with E-state index in [1.54, 1.807) is 0 Å². The molecule has 5 atom stereocenters. The van der Waals surface area contributed by atoms with E-state index in [1.165, 1.54) is 22.7 Å². The lowest BCUT2D eigenvalue weighted by Crippen LogP contribution is -2.33. The van der Waals surface area contributed by atoms with E-state index in [-0.39, 0.29) is 11.3 Å². The predicted molar refractivity (Wildman–Crippen MR) is 121 cm³/mol. The van der Waals surface area contributed by atoms with Gasteiger partial charge in [-0.3, -0.25) is 4.57 Å². The number of nitrogens with one attached hydrogen (secondary N) is 1. The zero-order chi connectivity index (χ0) is 23.1. The van der Waals surface area contributed by atoms with E-state index in [0.717, 1.165) is 11.1 Å². The second-order valence-corrected chi connectivity index (χ2v) is 9.01. The van der Waals surface area contributed by atoms with Crippen molar-refractivity contribution >= 4 is 51.4 Å². The Labute approximate surface area is 196 Å². The van der Waals surface area contributed by atoms with Gasteiger partial charge in [0.2, 0.25) is 5.28 Å². The number of oxazole rings is 1. The molecule has 4 aromatic rings. The average Bonchev–Trinajstić information content (AvgIpc) is 3.48. The highest BCUT2D eigenvalue weighted by molar-refractivity contribution is 7.99. The van der Waals surface area contributed by atoms with Crippen LogP contribution in [-0.2, 0) is 4.74 Å². The Morgan fingerprint density at radius 2 is 2.03 bits per heavy atom. The van der Waals surface area contributed by atoms with Gasteiger partial charge in [-0.15, -0.1) is 0 Å². The Bertz CT molecular complexity index is 1250. The SMILES string of the molecule is CC(CSc1nc2ccccc2o1)Nc1nc(Cl)nc2c1ncn2[C@@H]1O[C@H](CO)C(O)C1O. The van der Waals surface area contributed by atoms with Crippen molar-refractivity contribution in [3.63, 3.8) is 0 Å². The fraction of sp³-hybridized carbons (Fsp3) is 0.400. The first-order valence-corrected chi connectivity index (χ1v) is 11.6. The normalized spacial score (nSPS) is 24.0. The molecule has 0 aliphatic carbocycles. The molecule has 11 nitrogen and oxygen atoms in total. The number of benzene rings is 1. The first-order chi connectivity index (χ1) is 15.9. The fourth-order valence-corrected chi connectivity index (χ4v) is 4.62. The molecule has 0 amide bonds. The molecule has 1 aromatic carbocycles. The minimum atomic E-state index is -1.27. The summed E-state index contributed by atoms with van der Waals surface area (Å²) in [4.78, 5) is 17.3. The van der Waals surface area contributed by atoms with E-state index >= 15 is 0 Å². The number of hydrogen-bond acceptors (Lipinski definition) is 11. The van der Waals surface area contributed by atoms with Gasteiger partial charge in [-0.25, -0.2) is 9.97 Å². The number of para-hydroxylation sites is 2. The molecular weight excluding hydrogens is 472 g/mol. The first-order valence-electron chi connectivity index (χ1n) is 10.2. The van der Waals surface area contributed by atoms with Crippen molar-refractivity contribution in [1.82, 2.24) is 24.5 Å². The number of halogens is 1. The van der Waals surface area contributed by atoms with Crippen LogP contribution in [0, 0.1) is 0 Å². The van der Waals surface area contributed by atoms with Gasteiger partial charge in [-0.2, -0.15) is 9.97 Å². The van der Waals surface area contributed by atoms with Crippen molar-refractivity contribution in [2.75, 3.05) is 17.7 Å². The lowest BCUT2D eigenvalue weighted by molar-refractivity contribution is -0.0511. The van der Waals surface area contributed by atoms with Crippen molar-refractivity contribution in [1.29, 1.82) is 0 Å². The van der Waals surface area contributed by atoms with Crippen LogP contribution in [0.4, 0.5) is 5.82 Å². The van der Waals surface area contributed by atoms with Gasteiger partial charge < -0.3 is 29.8 Å². The van der Waals surface area contributed by atoms with Gasteiger partial charge in [0, 0.05) is 11.8 Å². The third kappa shape index (κ3) is 4.25. The molecule has 1 saturated heterocycles. The van der Waals surface area contributed by atoms with Crippen LogP contribution >= 0.6 is 23.4 Å². The number of hydrogen-bond donors (Lipinski definition) is 4. The first kappa shape index (κ1) is 22.3. The number of thioether (sulfide) groups is 1. The molecule has 5 rings (SSSR count). The quantitative estimate of drug-likeness (QED) is 0.221. The molecule has 13 heteroatoms. The summed E-state index contributed by atoms with van der Waals surface area (Å²) in [6.45, 7) is 1.54. The van der Waals surface area contributed by atoms with Gasteiger partial charge in [0.15, 0.2) is 28.8 Å². The second kappa shape index (κ2) is 9.05. The predicted octanol–water partition coefficient (Wildman–Crippen LogP) is 1.83. The molecule has 1 aliphatic heterocycles. The van der Waals surface area contributed by atoms with Crippen molar-refractivity contribution in [3.8, 4) is 0 Å². The topological polar surface area (TPSA) is 152 Å². The van der Waals surface area contributed by atoms with Crippen LogP contribution in [0.3, 0.4) is 0 Å². The summed E-state index contributed by atoms with van der Waals surface area (Å²) in [5.41, 5.74) is 2.29. The molecule has 174 valence electrons. The highest BCUT2D eigenvalue weighted by atomic mass is 35.5. The fourth-order valence-electron chi connectivity index (χ4n) is 3.67. The van der Waals surface area contributed by atoms with Crippen LogP contribution in [0.25, 0.3) is 22.3 Å². The number of ether oxygens (including phenoxy) is 1. The molecule has 0 saturated carbocycles. The lowest BCUT2D eigenvalue weighted by Gasteiger charge is -2.17. The summed E-state index contributed by atoms with van der Waals surface area (Å²) in [6, 6.07) is 7.52. The second-order valence-electron chi connectivity index (χ2n) is 7.70. The molecule has 4 N–H and O–H groups in total. The van der Waals surface area contributed by atoms with E-state index < -0.39 is 31.1 Å². The summed E-state index contributed by atoms with van der Waals surface area (Å²) in [5.74, 6) is 1.05. The number of imidazole rings is 1. The zero-order valence-electron chi connectivity index (χ0n) is 17.4. The Hall–Kier alpha value is -2.48. The number of aromatic nitrogens is 5. The maximum absolute atomic E-state index is 10.4. The zero-order valence-corrected chi connectivity index (χ0v) is 18.9. The van der Waals surface area contributed by atoms with Gasteiger partial charge in [-0.1, -0.05) is 23.9 Å². The number of anilines is 1. The molecule has 0 spiro atoms. The number of nitrogens with zero attached hydrogens (tertiary/aromatic N) is 5. The van der Waals surface area contributed by atoms with Gasteiger partial charge in [0.25, 0.3) is 5.22 Å². The third-order valence-corrected chi connectivity index (χ3v) is 6.56. The van der Waals surface area contributed by atoms with Crippen molar-refractivity contribution in [2.24, 2.45) is 0 Å². The largest absolute Gasteiger partial charge is 0.431 e. The maximum Gasteiger partial charge on any atom is 0.256 e. The van der Waals surface area contributed by atoms with Gasteiger partial charge in [0.05, 0.1) is 12.9 Å². The molecule has 4 heterocycles. The van der Waals surface area contributed by atoms with E-state index in [1.807, 2.05) is 31.2 Å². The molecule has 3 unspecified atom stereocenters. The summed E-state index contributed by atoms with van der Waals surface area (Å²) in [7, 11) is 0. The number of rotatable bonds is 7.